The van der Waals surface area contributed by atoms with Crippen LogP contribution in [0.3, 0.4) is 0 Å². The smallest absolute Gasteiger partial charge is 0.108 e. The van der Waals surface area contributed by atoms with E-state index < -0.39 is 5.60 Å². The predicted octanol–water partition coefficient (Wildman–Crippen LogP) is 2.86. The van der Waals surface area contributed by atoms with E-state index in [1.54, 1.807) is 10.9 Å². The van der Waals surface area contributed by atoms with Gasteiger partial charge in [-0.2, -0.15) is 5.10 Å². The minimum absolute atomic E-state index is 0.585. The Balaban J connectivity index is 2.31. The van der Waals surface area contributed by atoms with Crippen LogP contribution in [0.1, 0.15) is 44.7 Å². The fourth-order valence-corrected chi connectivity index (χ4v) is 3.20. The molecule has 1 heterocycles. The van der Waals surface area contributed by atoms with Crippen LogP contribution in [0, 0.1) is 5.92 Å². The Morgan fingerprint density at radius 3 is 3.00 bits per heavy atom. The third-order valence-electron chi connectivity index (χ3n) is 3.74. The molecule has 1 aromatic rings. The number of rotatable bonds is 2. The summed E-state index contributed by atoms with van der Waals surface area (Å²) in [6, 6.07) is 0. The van der Waals surface area contributed by atoms with E-state index in [4.69, 9.17) is 11.6 Å². The molecule has 1 saturated carbocycles. The highest BCUT2D eigenvalue weighted by Gasteiger charge is 2.39. The van der Waals surface area contributed by atoms with E-state index in [2.05, 4.69) is 12.0 Å². The second kappa shape index (κ2) is 4.38. The summed E-state index contributed by atoms with van der Waals surface area (Å²) < 4.78 is 1.71. The van der Waals surface area contributed by atoms with Crippen molar-refractivity contribution < 1.29 is 5.11 Å². The van der Waals surface area contributed by atoms with Crippen LogP contribution < -0.4 is 0 Å². The van der Waals surface area contributed by atoms with Crippen molar-refractivity contribution in [1.29, 1.82) is 0 Å². The van der Waals surface area contributed by atoms with Gasteiger partial charge in [0.2, 0.25) is 0 Å². The zero-order chi connectivity index (χ0) is 11.8. The van der Waals surface area contributed by atoms with Gasteiger partial charge in [0, 0.05) is 7.05 Å². The lowest BCUT2D eigenvalue weighted by Crippen LogP contribution is -2.34. The Morgan fingerprint density at radius 2 is 2.44 bits per heavy atom. The minimum atomic E-state index is -0.777. The third-order valence-corrected chi connectivity index (χ3v) is 4.02. The zero-order valence-corrected chi connectivity index (χ0v) is 10.7. The van der Waals surface area contributed by atoms with Gasteiger partial charge in [-0.1, -0.05) is 31.4 Å². The molecular formula is C12H19ClN2O. The van der Waals surface area contributed by atoms with Gasteiger partial charge in [0.25, 0.3) is 0 Å². The molecule has 1 aliphatic carbocycles. The number of aliphatic hydroxyl groups is 1. The van der Waals surface area contributed by atoms with Gasteiger partial charge in [-0.15, -0.1) is 0 Å². The van der Waals surface area contributed by atoms with E-state index in [0.29, 0.717) is 10.9 Å². The third kappa shape index (κ3) is 1.98. The van der Waals surface area contributed by atoms with Gasteiger partial charge in [-0.05, 0) is 25.2 Å². The van der Waals surface area contributed by atoms with E-state index in [1.807, 2.05) is 7.05 Å². The maximum atomic E-state index is 10.7. The molecule has 0 spiro atoms. The number of halogens is 1. The van der Waals surface area contributed by atoms with E-state index in [9.17, 15) is 5.11 Å². The highest BCUT2D eigenvalue weighted by molar-refractivity contribution is 6.31. The Hall–Kier alpha value is -0.540. The number of aromatic nitrogens is 2. The number of hydrogen-bond donors (Lipinski definition) is 1. The van der Waals surface area contributed by atoms with Crippen molar-refractivity contribution in [3.05, 3.63) is 16.9 Å². The first-order valence-corrected chi connectivity index (χ1v) is 6.35. The van der Waals surface area contributed by atoms with Gasteiger partial charge < -0.3 is 5.11 Å². The van der Waals surface area contributed by atoms with E-state index >= 15 is 0 Å². The lowest BCUT2D eigenvalue weighted by atomic mass is 9.75. The Bertz CT molecular complexity index is 358. The molecule has 4 heteroatoms. The number of aryl methyl sites for hydroxylation is 1. The molecule has 0 aromatic carbocycles. The average Bonchev–Trinajstić information content (AvgIpc) is 2.59. The largest absolute Gasteiger partial charge is 0.384 e. The van der Waals surface area contributed by atoms with Crippen molar-refractivity contribution in [2.45, 2.75) is 44.6 Å². The SMILES string of the molecule is CCC1CCCC(O)(c2c(Cl)cnn2C)C1. The summed E-state index contributed by atoms with van der Waals surface area (Å²) in [5, 5.41) is 15.4. The molecule has 16 heavy (non-hydrogen) atoms. The second-order valence-electron chi connectivity index (χ2n) is 4.87. The number of hydrogen-bond acceptors (Lipinski definition) is 2. The van der Waals surface area contributed by atoms with Crippen LogP contribution in [0.25, 0.3) is 0 Å². The molecule has 2 unspecified atom stereocenters. The summed E-state index contributed by atoms with van der Waals surface area (Å²) in [6.45, 7) is 2.18. The molecule has 1 N–H and O–H groups in total. The van der Waals surface area contributed by atoms with E-state index in [0.717, 1.165) is 31.4 Å². The lowest BCUT2D eigenvalue weighted by molar-refractivity contribution is -0.0282. The summed E-state index contributed by atoms with van der Waals surface area (Å²) >= 11 is 6.12. The standard InChI is InChI=1S/C12H19ClN2O/c1-3-9-5-4-6-12(16,7-9)11-10(13)8-14-15(11)2/h8-9,16H,3-7H2,1-2H3. The van der Waals surface area contributed by atoms with Crippen molar-refractivity contribution in [2.24, 2.45) is 13.0 Å². The van der Waals surface area contributed by atoms with Crippen LogP contribution >= 0.6 is 11.6 Å². The fraction of sp³-hybridized carbons (Fsp3) is 0.750. The quantitative estimate of drug-likeness (QED) is 0.866. The molecule has 2 atom stereocenters. The van der Waals surface area contributed by atoms with Crippen LogP contribution in [0.2, 0.25) is 5.02 Å². The summed E-state index contributed by atoms with van der Waals surface area (Å²) in [7, 11) is 1.84. The first-order valence-electron chi connectivity index (χ1n) is 5.97. The molecule has 0 aliphatic heterocycles. The first-order chi connectivity index (χ1) is 7.57. The summed E-state index contributed by atoms with van der Waals surface area (Å²) in [4.78, 5) is 0. The molecule has 1 aromatic heterocycles. The number of nitrogens with zero attached hydrogens (tertiary/aromatic N) is 2. The van der Waals surface area contributed by atoms with Crippen LogP contribution in [0.15, 0.2) is 6.20 Å². The van der Waals surface area contributed by atoms with Crippen LogP contribution in [-0.4, -0.2) is 14.9 Å². The van der Waals surface area contributed by atoms with Gasteiger partial charge in [-0.3, -0.25) is 4.68 Å². The average molecular weight is 243 g/mol. The maximum Gasteiger partial charge on any atom is 0.108 e. The molecule has 0 radical (unpaired) electrons. The topological polar surface area (TPSA) is 38.1 Å². The van der Waals surface area contributed by atoms with Gasteiger partial charge in [0.15, 0.2) is 0 Å². The van der Waals surface area contributed by atoms with E-state index in [-0.39, 0.29) is 0 Å². The van der Waals surface area contributed by atoms with Gasteiger partial charge in [-0.25, -0.2) is 0 Å². The predicted molar refractivity (Wildman–Crippen MR) is 64.4 cm³/mol. The van der Waals surface area contributed by atoms with Crippen molar-refractivity contribution >= 4 is 11.6 Å². The van der Waals surface area contributed by atoms with Gasteiger partial charge >= 0.3 is 0 Å². The van der Waals surface area contributed by atoms with Crippen molar-refractivity contribution in [3.63, 3.8) is 0 Å². The molecular weight excluding hydrogens is 224 g/mol. The Kier molecular flexibility index (Phi) is 3.27. The maximum absolute atomic E-state index is 10.7. The first kappa shape index (κ1) is 11.9. The second-order valence-corrected chi connectivity index (χ2v) is 5.27. The highest BCUT2D eigenvalue weighted by Crippen LogP contribution is 2.42. The molecule has 3 nitrogen and oxygen atoms in total. The Morgan fingerprint density at radius 1 is 1.69 bits per heavy atom. The molecule has 2 rings (SSSR count). The molecule has 1 aliphatic rings. The molecule has 1 fully saturated rings. The summed E-state index contributed by atoms with van der Waals surface area (Å²) in [5.74, 6) is 0.602. The summed E-state index contributed by atoms with van der Waals surface area (Å²) in [6.07, 6.45) is 6.62. The van der Waals surface area contributed by atoms with Crippen molar-refractivity contribution in [3.8, 4) is 0 Å². The minimum Gasteiger partial charge on any atom is -0.384 e. The molecule has 0 amide bonds. The van der Waals surface area contributed by atoms with Gasteiger partial charge in [0.05, 0.1) is 16.9 Å². The monoisotopic (exact) mass is 242 g/mol. The van der Waals surface area contributed by atoms with Crippen LogP contribution in [0.5, 0.6) is 0 Å². The van der Waals surface area contributed by atoms with Crippen LogP contribution in [0.4, 0.5) is 0 Å². The van der Waals surface area contributed by atoms with Crippen molar-refractivity contribution in [1.82, 2.24) is 9.78 Å². The summed E-state index contributed by atoms with van der Waals surface area (Å²) in [5.41, 5.74) is 0.00802. The fourth-order valence-electron chi connectivity index (χ4n) is 2.86. The van der Waals surface area contributed by atoms with E-state index in [1.165, 1.54) is 6.42 Å². The Labute approximate surface area is 101 Å². The normalized spacial score (nSPS) is 30.6. The molecule has 0 bridgehead atoms. The van der Waals surface area contributed by atoms with Gasteiger partial charge in [0.1, 0.15) is 5.60 Å². The lowest BCUT2D eigenvalue weighted by Gasteiger charge is -2.36. The highest BCUT2D eigenvalue weighted by atomic mass is 35.5. The van der Waals surface area contributed by atoms with Crippen molar-refractivity contribution in [2.75, 3.05) is 0 Å². The zero-order valence-electron chi connectivity index (χ0n) is 9.91. The molecule has 90 valence electrons. The van der Waals surface area contributed by atoms with Crippen LogP contribution in [-0.2, 0) is 12.6 Å². The molecule has 0 saturated heterocycles.